The van der Waals surface area contributed by atoms with Gasteiger partial charge in [0, 0.05) is 0 Å². The van der Waals surface area contributed by atoms with Gasteiger partial charge >= 0.3 is 5.97 Å². The number of nitrogens with zero attached hydrogens (tertiary/aromatic N) is 1. The third-order valence-electron chi connectivity index (χ3n) is 6.01. The zero-order valence-corrected chi connectivity index (χ0v) is 20.5. The molecule has 7 nitrogen and oxygen atoms in total. The normalized spacial score (nSPS) is 16.1. The number of nitrogens with one attached hydrogen (secondary N) is 1. The molecule has 1 N–H and O–H groups in total. The lowest BCUT2D eigenvalue weighted by molar-refractivity contribution is -0.182. The van der Waals surface area contributed by atoms with Crippen molar-refractivity contribution in [2.45, 2.75) is 91.4 Å². The molecular weight excluding hydrogens is 420 g/mol. The van der Waals surface area contributed by atoms with E-state index in [4.69, 9.17) is 9.57 Å². The third kappa shape index (κ3) is 9.16. The van der Waals surface area contributed by atoms with Gasteiger partial charge in [0.1, 0.15) is 18.8 Å². The van der Waals surface area contributed by atoms with Gasteiger partial charge in [-0.15, -0.1) is 0 Å². The molecule has 2 atom stereocenters. The van der Waals surface area contributed by atoms with Crippen LogP contribution in [0.2, 0.25) is 0 Å². The summed E-state index contributed by atoms with van der Waals surface area (Å²) >= 11 is 0. The highest BCUT2D eigenvalue weighted by Crippen LogP contribution is 2.26. The lowest BCUT2D eigenvalue weighted by Crippen LogP contribution is -2.53. The Morgan fingerprint density at radius 1 is 1.18 bits per heavy atom. The molecule has 1 aromatic rings. The maximum absolute atomic E-state index is 13.3. The van der Waals surface area contributed by atoms with Gasteiger partial charge in [0.05, 0.1) is 12.5 Å². The molecule has 33 heavy (non-hydrogen) atoms. The molecule has 7 heteroatoms. The fraction of sp³-hybridized carbons (Fsp3) is 0.654. The molecule has 0 bridgehead atoms. The second kappa shape index (κ2) is 13.3. The molecule has 184 valence electrons. The van der Waals surface area contributed by atoms with E-state index >= 15 is 0 Å². The minimum atomic E-state index is -0.760. The van der Waals surface area contributed by atoms with Crippen LogP contribution >= 0.6 is 0 Å². The average Bonchev–Trinajstić information content (AvgIpc) is 3.29. The van der Waals surface area contributed by atoms with Crippen LogP contribution in [-0.4, -0.2) is 42.0 Å². The van der Waals surface area contributed by atoms with Crippen LogP contribution in [0.4, 0.5) is 0 Å². The van der Waals surface area contributed by atoms with E-state index in [2.05, 4.69) is 12.2 Å². The Balaban J connectivity index is 2.04. The van der Waals surface area contributed by atoms with Crippen molar-refractivity contribution in [2.24, 2.45) is 11.3 Å². The first kappa shape index (κ1) is 26.8. The number of amides is 2. The molecule has 0 aliphatic heterocycles. The Morgan fingerprint density at radius 3 is 2.42 bits per heavy atom. The van der Waals surface area contributed by atoms with E-state index in [-0.39, 0.29) is 31.1 Å². The van der Waals surface area contributed by atoms with Gasteiger partial charge in [-0.2, -0.15) is 0 Å². The van der Waals surface area contributed by atoms with Crippen LogP contribution < -0.4 is 5.32 Å². The minimum Gasteiger partial charge on any atom is -0.461 e. The molecule has 0 heterocycles. The smallest absolute Gasteiger partial charge is 0.329 e. The van der Waals surface area contributed by atoms with Crippen LogP contribution in [-0.2, 0) is 30.6 Å². The quantitative estimate of drug-likeness (QED) is 0.268. The number of hydroxylamine groups is 2. The summed E-state index contributed by atoms with van der Waals surface area (Å²) in [5.74, 6) is -1.14. The van der Waals surface area contributed by atoms with Gasteiger partial charge in [-0.3, -0.25) is 14.4 Å². The van der Waals surface area contributed by atoms with Crippen molar-refractivity contribution in [3.8, 4) is 0 Å². The number of ether oxygens (including phenoxy) is 1. The number of unbranched alkanes of at least 4 members (excludes halogenated alkanes) is 1. The summed E-state index contributed by atoms with van der Waals surface area (Å²) in [6.07, 6.45) is 6.76. The first-order chi connectivity index (χ1) is 15.7. The summed E-state index contributed by atoms with van der Waals surface area (Å²) in [5, 5.41) is 4.11. The van der Waals surface area contributed by atoms with Gasteiger partial charge in [-0.05, 0) is 43.1 Å². The molecule has 0 radical (unpaired) electrons. The molecule has 1 saturated carbocycles. The Bertz CT molecular complexity index is 741. The Kier molecular flexibility index (Phi) is 10.8. The summed E-state index contributed by atoms with van der Waals surface area (Å²) < 4.78 is 5.71. The van der Waals surface area contributed by atoms with E-state index in [0.717, 1.165) is 44.1 Å². The molecule has 2 rings (SSSR count). The predicted octanol–water partition coefficient (Wildman–Crippen LogP) is 4.40. The first-order valence-electron chi connectivity index (χ1n) is 12.1. The number of benzene rings is 1. The average molecular weight is 461 g/mol. The summed E-state index contributed by atoms with van der Waals surface area (Å²) in [6, 6.07) is 8.78. The van der Waals surface area contributed by atoms with E-state index in [1.54, 1.807) is 0 Å². The van der Waals surface area contributed by atoms with Crippen LogP contribution in [0.3, 0.4) is 0 Å². The maximum atomic E-state index is 13.3. The van der Waals surface area contributed by atoms with Crippen molar-refractivity contribution in [3.05, 3.63) is 35.9 Å². The minimum absolute atomic E-state index is 0.0629. The van der Waals surface area contributed by atoms with E-state index in [1.807, 2.05) is 51.1 Å². The molecular formula is C26H40N2O5. The third-order valence-corrected chi connectivity index (χ3v) is 6.01. The van der Waals surface area contributed by atoms with E-state index < -0.39 is 17.4 Å². The highest BCUT2D eigenvalue weighted by Gasteiger charge is 2.37. The largest absolute Gasteiger partial charge is 0.461 e. The lowest BCUT2D eigenvalue weighted by Gasteiger charge is -2.32. The van der Waals surface area contributed by atoms with Gasteiger partial charge in [-0.25, -0.2) is 9.86 Å². The van der Waals surface area contributed by atoms with E-state index in [0.29, 0.717) is 12.8 Å². The van der Waals surface area contributed by atoms with Gasteiger partial charge in [0.25, 0.3) is 0 Å². The molecule has 1 aliphatic carbocycles. The van der Waals surface area contributed by atoms with Crippen LogP contribution in [0.25, 0.3) is 0 Å². The van der Waals surface area contributed by atoms with Crippen molar-refractivity contribution < 1.29 is 24.0 Å². The fourth-order valence-electron chi connectivity index (χ4n) is 3.96. The van der Waals surface area contributed by atoms with Gasteiger partial charge in [0.15, 0.2) is 0 Å². The SMILES string of the molecule is CCCC[C@H](CN(C=O)OCc1ccccc1)C(=O)N[C@H](C(=O)OC1CCCC1)C(C)(C)C. The van der Waals surface area contributed by atoms with Crippen LogP contribution in [0, 0.1) is 11.3 Å². The first-order valence-corrected chi connectivity index (χ1v) is 12.1. The molecule has 0 spiro atoms. The second-order valence-electron chi connectivity index (χ2n) is 9.95. The molecule has 0 saturated heterocycles. The summed E-state index contributed by atoms with van der Waals surface area (Å²) in [6.45, 7) is 8.15. The highest BCUT2D eigenvalue weighted by atomic mass is 16.7. The monoisotopic (exact) mass is 460 g/mol. The Morgan fingerprint density at radius 2 is 1.85 bits per heavy atom. The lowest BCUT2D eigenvalue weighted by atomic mass is 9.86. The Hall–Kier alpha value is -2.41. The number of hydrogen-bond donors (Lipinski definition) is 1. The molecule has 0 unspecified atom stereocenters. The van der Waals surface area contributed by atoms with Crippen LogP contribution in [0.15, 0.2) is 30.3 Å². The standard InChI is InChI=1S/C26H40N2O5/c1-5-6-14-21(17-28(19-29)32-18-20-12-8-7-9-13-20)24(30)27-23(26(2,3)4)25(31)33-22-15-10-11-16-22/h7-9,12-13,19,21-23H,5-6,10-11,14-18H2,1-4H3,(H,27,30)/t21-,23-/m1/s1. The maximum Gasteiger partial charge on any atom is 0.329 e. The van der Waals surface area contributed by atoms with Crippen molar-refractivity contribution in [2.75, 3.05) is 6.54 Å². The summed E-state index contributed by atoms with van der Waals surface area (Å²) in [4.78, 5) is 43.5. The van der Waals surface area contributed by atoms with Crippen molar-refractivity contribution in [1.82, 2.24) is 10.4 Å². The second-order valence-corrected chi connectivity index (χ2v) is 9.95. The molecule has 1 fully saturated rings. The number of rotatable bonds is 13. The highest BCUT2D eigenvalue weighted by molar-refractivity contribution is 5.86. The molecule has 0 aromatic heterocycles. The van der Waals surface area contributed by atoms with Crippen molar-refractivity contribution >= 4 is 18.3 Å². The van der Waals surface area contributed by atoms with Gasteiger partial charge < -0.3 is 10.1 Å². The molecule has 1 aromatic carbocycles. The number of carbonyl (C=O) groups excluding carboxylic acids is 3. The van der Waals surface area contributed by atoms with Crippen LogP contribution in [0.1, 0.15) is 78.2 Å². The van der Waals surface area contributed by atoms with E-state index in [9.17, 15) is 14.4 Å². The Labute approximate surface area is 198 Å². The fourth-order valence-corrected chi connectivity index (χ4v) is 3.96. The zero-order chi connectivity index (χ0) is 24.3. The molecule has 1 aliphatic rings. The van der Waals surface area contributed by atoms with Crippen LogP contribution in [0.5, 0.6) is 0 Å². The number of hydrogen-bond acceptors (Lipinski definition) is 5. The number of carbonyl (C=O) groups is 3. The predicted molar refractivity (Wildman–Crippen MR) is 127 cm³/mol. The zero-order valence-electron chi connectivity index (χ0n) is 20.5. The van der Waals surface area contributed by atoms with Crippen molar-refractivity contribution in [3.63, 3.8) is 0 Å². The summed E-state index contributed by atoms with van der Waals surface area (Å²) in [5.41, 5.74) is 0.427. The van der Waals surface area contributed by atoms with Gasteiger partial charge in [0.2, 0.25) is 12.3 Å². The van der Waals surface area contributed by atoms with E-state index in [1.165, 1.54) is 5.06 Å². The number of esters is 1. The summed E-state index contributed by atoms with van der Waals surface area (Å²) in [7, 11) is 0. The van der Waals surface area contributed by atoms with Gasteiger partial charge in [-0.1, -0.05) is 70.9 Å². The topological polar surface area (TPSA) is 84.9 Å². The molecule has 2 amide bonds. The van der Waals surface area contributed by atoms with Crippen molar-refractivity contribution in [1.29, 1.82) is 0 Å².